The monoisotopic (exact) mass is 260 g/mol. The van der Waals surface area contributed by atoms with Gasteiger partial charge < -0.3 is 5.73 Å². The third-order valence-electron chi connectivity index (χ3n) is 4.60. The molecule has 0 saturated carbocycles. The van der Waals surface area contributed by atoms with Gasteiger partial charge in [0.05, 0.1) is 0 Å². The Kier molecular flexibility index (Phi) is 5.41. The van der Waals surface area contributed by atoms with Crippen molar-refractivity contribution in [3.8, 4) is 0 Å². The van der Waals surface area contributed by atoms with Gasteiger partial charge in [0, 0.05) is 12.6 Å². The molecule has 2 rings (SSSR count). The van der Waals surface area contributed by atoms with Crippen LogP contribution in [0.1, 0.15) is 44.7 Å². The van der Waals surface area contributed by atoms with E-state index >= 15 is 0 Å². The van der Waals surface area contributed by atoms with Gasteiger partial charge in [0.25, 0.3) is 0 Å². The van der Waals surface area contributed by atoms with Crippen molar-refractivity contribution in [2.75, 3.05) is 19.6 Å². The SMILES string of the molecule is CC(C)C1CCCN(C(CN)c2ccccc2)CC1. The predicted molar refractivity (Wildman–Crippen MR) is 82.0 cm³/mol. The quantitative estimate of drug-likeness (QED) is 0.898. The Morgan fingerprint density at radius 1 is 1.16 bits per heavy atom. The van der Waals surface area contributed by atoms with Crippen LogP contribution in [0.3, 0.4) is 0 Å². The lowest BCUT2D eigenvalue weighted by Crippen LogP contribution is -2.34. The Bertz CT molecular complexity index is 361. The number of nitrogens with two attached hydrogens (primary N) is 1. The topological polar surface area (TPSA) is 29.3 Å². The fourth-order valence-electron chi connectivity index (χ4n) is 3.29. The van der Waals surface area contributed by atoms with Crippen molar-refractivity contribution in [2.45, 2.75) is 39.2 Å². The summed E-state index contributed by atoms with van der Waals surface area (Å²) in [6, 6.07) is 11.1. The Morgan fingerprint density at radius 2 is 1.89 bits per heavy atom. The molecule has 0 radical (unpaired) electrons. The molecule has 2 N–H and O–H groups in total. The average Bonchev–Trinajstić information content (AvgIpc) is 2.67. The van der Waals surface area contributed by atoms with E-state index in [0.717, 1.165) is 18.4 Å². The van der Waals surface area contributed by atoms with E-state index in [1.54, 1.807) is 0 Å². The Hall–Kier alpha value is -0.860. The molecular weight excluding hydrogens is 232 g/mol. The van der Waals surface area contributed by atoms with Crippen molar-refractivity contribution in [2.24, 2.45) is 17.6 Å². The minimum atomic E-state index is 0.395. The van der Waals surface area contributed by atoms with Crippen LogP contribution in [0.4, 0.5) is 0 Å². The summed E-state index contributed by atoms with van der Waals surface area (Å²) in [6.07, 6.45) is 4.01. The number of hydrogen-bond acceptors (Lipinski definition) is 2. The molecule has 1 saturated heterocycles. The van der Waals surface area contributed by atoms with E-state index in [9.17, 15) is 0 Å². The molecule has 1 heterocycles. The highest BCUT2D eigenvalue weighted by Gasteiger charge is 2.24. The smallest absolute Gasteiger partial charge is 0.0470 e. The maximum Gasteiger partial charge on any atom is 0.0470 e. The normalized spacial score (nSPS) is 23.3. The zero-order valence-corrected chi connectivity index (χ0v) is 12.4. The summed E-state index contributed by atoms with van der Waals surface area (Å²) in [5.74, 6) is 1.70. The highest BCUT2D eigenvalue weighted by atomic mass is 15.2. The van der Waals surface area contributed by atoms with Gasteiger partial charge >= 0.3 is 0 Å². The van der Waals surface area contributed by atoms with Crippen molar-refractivity contribution in [1.29, 1.82) is 0 Å². The summed E-state index contributed by atoms with van der Waals surface area (Å²) in [5, 5.41) is 0. The van der Waals surface area contributed by atoms with Gasteiger partial charge in [0.2, 0.25) is 0 Å². The Labute approximate surface area is 118 Å². The number of rotatable bonds is 4. The molecule has 0 bridgehead atoms. The van der Waals surface area contributed by atoms with Gasteiger partial charge in [0.15, 0.2) is 0 Å². The fraction of sp³-hybridized carbons (Fsp3) is 0.647. The minimum absolute atomic E-state index is 0.395. The molecule has 1 aromatic rings. The second-order valence-electron chi connectivity index (χ2n) is 6.13. The molecule has 0 amide bonds. The van der Waals surface area contributed by atoms with Gasteiger partial charge in [-0.2, -0.15) is 0 Å². The van der Waals surface area contributed by atoms with Crippen molar-refractivity contribution in [1.82, 2.24) is 4.90 Å². The highest BCUT2D eigenvalue weighted by molar-refractivity contribution is 5.19. The molecule has 1 fully saturated rings. The standard InChI is InChI=1S/C17H28N2/c1-14(2)15-9-6-11-19(12-10-15)17(13-18)16-7-4-3-5-8-16/h3-5,7-8,14-15,17H,6,9-13,18H2,1-2H3. The van der Waals surface area contributed by atoms with Crippen molar-refractivity contribution >= 4 is 0 Å². The predicted octanol–water partition coefficient (Wildman–Crippen LogP) is 3.44. The van der Waals surface area contributed by atoms with E-state index in [1.165, 1.54) is 37.9 Å². The second-order valence-corrected chi connectivity index (χ2v) is 6.13. The lowest BCUT2D eigenvalue weighted by molar-refractivity contribution is 0.204. The third-order valence-corrected chi connectivity index (χ3v) is 4.60. The summed E-state index contributed by atoms with van der Waals surface area (Å²) in [5.41, 5.74) is 7.41. The molecular formula is C17H28N2. The molecule has 1 aromatic carbocycles. The van der Waals surface area contributed by atoms with Crippen LogP contribution in [0.25, 0.3) is 0 Å². The number of benzene rings is 1. The van der Waals surface area contributed by atoms with E-state index in [1.807, 2.05) is 0 Å². The van der Waals surface area contributed by atoms with Crippen LogP contribution in [-0.2, 0) is 0 Å². The van der Waals surface area contributed by atoms with E-state index < -0.39 is 0 Å². The zero-order chi connectivity index (χ0) is 13.7. The molecule has 1 aliphatic rings. The number of likely N-dealkylation sites (tertiary alicyclic amines) is 1. The van der Waals surface area contributed by atoms with Gasteiger partial charge in [-0.25, -0.2) is 0 Å². The first kappa shape index (κ1) is 14.5. The average molecular weight is 260 g/mol. The van der Waals surface area contributed by atoms with E-state index in [0.29, 0.717) is 6.04 Å². The maximum atomic E-state index is 6.04. The molecule has 2 nitrogen and oxygen atoms in total. The molecule has 1 aliphatic heterocycles. The molecule has 2 heteroatoms. The van der Waals surface area contributed by atoms with Crippen LogP contribution >= 0.6 is 0 Å². The van der Waals surface area contributed by atoms with Gasteiger partial charge in [-0.15, -0.1) is 0 Å². The number of nitrogens with zero attached hydrogens (tertiary/aromatic N) is 1. The summed E-state index contributed by atoms with van der Waals surface area (Å²) in [7, 11) is 0. The molecule has 0 spiro atoms. The first-order chi connectivity index (χ1) is 9.22. The summed E-state index contributed by atoms with van der Waals surface area (Å²) in [6.45, 7) is 7.83. The second kappa shape index (κ2) is 7.06. The van der Waals surface area contributed by atoms with Gasteiger partial charge in [-0.05, 0) is 49.8 Å². The summed E-state index contributed by atoms with van der Waals surface area (Å²) >= 11 is 0. The van der Waals surface area contributed by atoms with Crippen molar-refractivity contribution in [3.05, 3.63) is 35.9 Å². The first-order valence-corrected chi connectivity index (χ1v) is 7.71. The Balaban J connectivity index is 2.04. The first-order valence-electron chi connectivity index (χ1n) is 7.71. The highest BCUT2D eigenvalue weighted by Crippen LogP contribution is 2.28. The Morgan fingerprint density at radius 3 is 2.53 bits per heavy atom. The lowest BCUT2D eigenvalue weighted by Gasteiger charge is -2.30. The van der Waals surface area contributed by atoms with Crippen molar-refractivity contribution < 1.29 is 0 Å². The van der Waals surface area contributed by atoms with Crippen LogP contribution in [0, 0.1) is 11.8 Å². The molecule has 0 aromatic heterocycles. The van der Waals surface area contributed by atoms with E-state index in [2.05, 4.69) is 49.1 Å². The van der Waals surface area contributed by atoms with Crippen LogP contribution in [0.2, 0.25) is 0 Å². The number of hydrogen-bond donors (Lipinski definition) is 1. The van der Waals surface area contributed by atoms with E-state index in [-0.39, 0.29) is 0 Å². The van der Waals surface area contributed by atoms with E-state index in [4.69, 9.17) is 5.73 Å². The van der Waals surface area contributed by atoms with Gasteiger partial charge in [-0.1, -0.05) is 44.2 Å². The maximum absolute atomic E-state index is 6.04. The molecule has 0 aliphatic carbocycles. The fourth-order valence-corrected chi connectivity index (χ4v) is 3.29. The van der Waals surface area contributed by atoms with Crippen LogP contribution in [0.5, 0.6) is 0 Å². The largest absolute Gasteiger partial charge is 0.329 e. The van der Waals surface area contributed by atoms with Gasteiger partial charge in [0.1, 0.15) is 0 Å². The zero-order valence-electron chi connectivity index (χ0n) is 12.4. The summed E-state index contributed by atoms with van der Waals surface area (Å²) in [4.78, 5) is 2.59. The minimum Gasteiger partial charge on any atom is -0.329 e. The van der Waals surface area contributed by atoms with Crippen molar-refractivity contribution in [3.63, 3.8) is 0 Å². The van der Waals surface area contributed by atoms with Crippen LogP contribution < -0.4 is 5.73 Å². The molecule has 2 atom stereocenters. The summed E-state index contributed by atoms with van der Waals surface area (Å²) < 4.78 is 0. The molecule has 106 valence electrons. The molecule has 19 heavy (non-hydrogen) atoms. The molecule has 2 unspecified atom stereocenters. The van der Waals surface area contributed by atoms with Crippen LogP contribution in [0.15, 0.2) is 30.3 Å². The van der Waals surface area contributed by atoms with Gasteiger partial charge in [-0.3, -0.25) is 4.90 Å². The van der Waals surface area contributed by atoms with Crippen LogP contribution in [-0.4, -0.2) is 24.5 Å². The lowest BCUT2D eigenvalue weighted by atomic mass is 9.89. The third kappa shape index (κ3) is 3.80.